The van der Waals surface area contributed by atoms with Gasteiger partial charge in [-0.3, -0.25) is 19.2 Å². The lowest BCUT2D eigenvalue weighted by molar-refractivity contribution is -0.143. The molecule has 7 rings (SSSR count). The second kappa shape index (κ2) is 31.8. The highest BCUT2D eigenvalue weighted by Gasteiger charge is 2.41. The predicted molar refractivity (Wildman–Crippen MR) is 313 cm³/mol. The molecule has 81 heavy (non-hydrogen) atoms. The number of hydrogen-bond acceptors (Lipinski definition) is 15. The number of hydrogen-bond donors (Lipinski definition) is 4. The molecule has 0 bridgehead atoms. The first-order chi connectivity index (χ1) is 39.2. The van der Waals surface area contributed by atoms with Gasteiger partial charge < -0.3 is 49.7 Å². The minimum Gasteiger partial charge on any atom is -0.494 e. The summed E-state index contributed by atoms with van der Waals surface area (Å²) in [5, 5.41) is 21.1. The Balaban J connectivity index is 0.662. The van der Waals surface area contributed by atoms with E-state index in [9.17, 15) is 19.2 Å². The average Bonchev–Trinajstić information content (AvgIpc) is 4.39. The average molecular weight is 1130 g/mol. The van der Waals surface area contributed by atoms with E-state index in [0.717, 1.165) is 89.5 Å². The van der Waals surface area contributed by atoms with Crippen molar-refractivity contribution in [2.45, 2.75) is 130 Å². The van der Waals surface area contributed by atoms with E-state index < -0.39 is 17.5 Å². The molecule has 3 atom stereocenters. The van der Waals surface area contributed by atoms with Gasteiger partial charge in [0.15, 0.2) is 11.6 Å². The van der Waals surface area contributed by atoms with Crippen LogP contribution in [0.3, 0.4) is 0 Å². The fourth-order valence-corrected chi connectivity index (χ4v) is 10.2. The smallest absolute Gasteiger partial charge is 0.251 e. The third-order valence-corrected chi connectivity index (χ3v) is 15.1. The molecule has 1 fully saturated rings. The van der Waals surface area contributed by atoms with Gasteiger partial charge in [-0.15, -0.1) is 21.5 Å². The maximum atomic E-state index is 14.0. The Labute approximate surface area is 480 Å². The molecule has 0 unspecified atom stereocenters. The number of thiazole rings is 1. The summed E-state index contributed by atoms with van der Waals surface area (Å²) in [7, 11) is 1.89. The molecule has 1 aliphatic heterocycles. The number of benzene rings is 3. The number of aryl methyl sites for hydroxylation is 1. The summed E-state index contributed by atoms with van der Waals surface area (Å²) in [6, 6.07) is 23.5. The van der Waals surface area contributed by atoms with E-state index in [4.69, 9.17) is 18.9 Å². The molecule has 0 spiro atoms. The van der Waals surface area contributed by atoms with Crippen molar-refractivity contribution in [3.63, 3.8) is 0 Å². The van der Waals surface area contributed by atoms with E-state index >= 15 is 0 Å². The second-order valence-corrected chi connectivity index (χ2v) is 22.3. The summed E-state index contributed by atoms with van der Waals surface area (Å²) >= 11 is 1.60. The van der Waals surface area contributed by atoms with Gasteiger partial charge in [-0.1, -0.05) is 76.1 Å². The van der Waals surface area contributed by atoms with Crippen LogP contribution in [-0.4, -0.2) is 123 Å². The van der Waals surface area contributed by atoms with Gasteiger partial charge in [-0.2, -0.15) is 0 Å². The Morgan fingerprint density at radius 3 is 2.20 bits per heavy atom. The van der Waals surface area contributed by atoms with Crippen LogP contribution in [0.15, 0.2) is 96.9 Å². The number of aromatic nitrogens is 6. The van der Waals surface area contributed by atoms with Crippen molar-refractivity contribution in [3.05, 3.63) is 125 Å². The normalized spacial score (nSPS) is 14.1. The lowest BCUT2D eigenvalue weighted by atomic mass is 9.85. The molecule has 434 valence electrons. The Hall–Kier alpha value is -7.13. The lowest BCUT2D eigenvalue weighted by Gasteiger charge is -2.35. The summed E-state index contributed by atoms with van der Waals surface area (Å²) in [6.07, 6.45) is 11.0. The van der Waals surface area contributed by atoms with E-state index in [0.29, 0.717) is 102 Å². The van der Waals surface area contributed by atoms with Crippen LogP contribution in [0, 0.1) is 12.3 Å². The van der Waals surface area contributed by atoms with E-state index in [1.54, 1.807) is 34.6 Å². The van der Waals surface area contributed by atoms with Gasteiger partial charge in [0.25, 0.3) is 5.91 Å². The topological polar surface area (TPSA) is 226 Å². The highest BCUT2D eigenvalue weighted by Crippen LogP contribution is 2.29. The van der Waals surface area contributed by atoms with Gasteiger partial charge in [-0.05, 0) is 117 Å². The molecule has 3 aromatic carbocycles. The molecule has 1 aliphatic rings. The number of carbonyl (C=O) groups excluding carboxylic acids is 4. The minimum absolute atomic E-state index is 0.168. The number of carbonyl (C=O) groups is 4. The minimum atomic E-state index is -0.748. The van der Waals surface area contributed by atoms with Crippen molar-refractivity contribution in [1.29, 1.82) is 0 Å². The highest BCUT2D eigenvalue weighted by atomic mass is 32.1. The molecule has 4 amide bonds. The molecular weight excluding hydrogens is 1050 g/mol. The highest BCUT2D eigenvalue weighted by molar-refractivity contribution is 7.13. The summed E-state index contributed by atoms with van der Waals surface area (Å²) < 4.78 is 25.1. The van der Waals surface area contributed by atoms with Gasteiger partial charge in [-0.25, -0.2) is 15.0 Å². The van der Waals surface area contributed by atoms with Gasteiger partial charge in [0, 0.05) is 57.2 Å². The van der Waals surface area contributed by atoms with Crippen molar-refractivity contribution in [3.8, 4) is 27.7 Å². The number of anilines is 1. The number of likely N-dealkylation sites (tertiary alicyclic amines) is 1. The van der Waals surface area contributed by atoms with Crippen LogP contribution in [0.4, 0.5) is 5.69 Å². The van der Waals surface area contributed by atoms with Crippen molar-refractivity contribution >= 4 is 40.7 Å². The van der Waals surface area contributed by atoms with Crippen LogP contribution in [0.25, 0.3) is 22.0 Å². The van der Waals surface area contributed by atoms with Gasteiger partial charge >= 0.3 is 0 Å². The second-order valence-electron chi connectivity index (χ2n) is 21.4. The van der Waals surface area contributed by atoms with Gasteiger partial charge in [0.2, 0.25) is 17.7 Å². The van der Waals surface area contributed by atoms with E-state index in [-0.39, 0.29) is 29.7 Å². The summed E-state index contributed by atoms with van der Waals surface area (Å²) in [4.78, 5) is 69.1. The molecule has 19 nitrogen and oxygen atoms in total. The molecular formula is C61H81N11O8S. The fourth-order valence-electron chi connectivity index (χ4n) is 9.42. The maximum absolute atomic E-state index is 14.0. The SMILES string of the molecule is Cc1ncsc1-c1ccc(CNC(=O)[C@@H]2CCCN2C(=O)[C@@H](NC(=O)CCCCCOCCOCCOCCCCCCOc2cccc([C@H](C)NC(=O)c3cccc(NCc4nnc(-c5ccncn5)n4C)c3)c2)C(C)(C)C)cc1. The number of rotatable bonds is 33. The standard InChI is InChI=1S/C61H81N11O8S/c1-43(67-58(74)48-18-14-19-49(37-48)63-40-53-69-70-57(71(53)6)51-27-28-62-41-65-51)47-17-15-20-50(38-47)80-32-13-8-7-11-30-77-33-35-79-36-34-78-31-12-9-10-22-54(73)68-56(61(3,4)5)60(76)72-29-16-21-52(72)59(75)64-39-45-23-25-46(26-24-45)55-44(2)66-42-81-55/h14-15,17-20,23-28,37-38,41-43,52,56,63H,7-13,16,21-22,29-36,39-40H2,1-6H3,(H,64,75)(H,67,74)(H,68,73)/t43-,52-,56+/m0/s1. The van der Waals surface area contributed by atoms with Crippen LogP contribution in [-0.2, 0) is 48.7 Å². The molecule has 4 N–H and O–H groups in total. The Morgan fingerprint density at radius 1 is 0.778 bits per heavy atom. The number of nitrogens with one attached hydrogen (secondary N) is 4. The Bertz CT molecular complexity index is 2910. The first kappa shape index (κ1) is 61.5. The molecule has 20 heteroatoms. The van der Waals surface area contributed by atoms with Crippen LogP contribution in [0.2, 0.25) is 0 Å². The van der Waals surface area contributed by atoms with Crippen molar-refractivity contribution in [2.24, 2.45) is 12.5 Å². The quantitative estimate of drug-likeness (QED) is 0.0282. The van der Waals surface area contributed by atoms with Crippen LogP contribution < -0.4 is 26.0 Å². The summed E-state index contributed by atoms with van der Waals surface area (Å²) in [5.74, 6) is 1.40. The molecule has 0 radical (unpaired) electrons. The molecule has 3 aromatic heterocycles. The molecule has 6 aromatic rings. The summed E-state index contributed by atoms with van der Waals surface area (Å²) in [5.41, 5.74) is 7.33. The van der Waals surface area contributed by atoms with E-state index in [2.05, 4.69) is 46.4 Å². The molecule has 0 saturated carbocycles. The Morgan fingerprint density at radius 2 is 1.49 bits per heavy atom. The predicted octanol–water partition coefficient (Wildman–Crippen LogP) is 9.19. The first-order valence-corrected chi connectivity index (χ1v) is 29.3. The maximum Gasteiger partial charge on any atom is 0.251 e. The van der Waals surface area contributed by atoms with Gasteiger partial charge in [0.1, 0.15) is 29.9 Å². The van der Waals surface area contributed by atoms with E-state index in [1.165, 1.54) is 6.33 Å². The number of ether oxygens (including phenoxy) is 4. The van der Waals surface area contributed by atoms with Crippen LogP contribution in [0.1, 0.15) is 131 Å². The number of nitrogens with zero attached hydrogens (tertiary/aromatic N) is 7. The Kier molecular flexibility index (Phi) is 24.1. The monoisotopic (exact) mass is 1130 g/mol. The first-order valence-electron chi connectivity index (χ1n) is 28.4. The van der Waals surface area contributed by atoms with Crippen molar-refractivity contribution < 1.29 is 38.1 Å². The number of amides is 4. The van der Waals surface area contributed by atoms with Crippen molar-refractivity contribution in [2.75, 3.05) is 58.1 Å². The zero-order valence-corrected chi connectivity index (χ0v) is 48.7. The zero-order chi connectivity index (χ0) is 57.4. The zero-order valence-electron chi connectivity index (χ0n) is 47.9. The van der Waals surface area contributed by atoms with Crippen LogP contribution >= 0.6 is 11.3 Å². The molecule has 0 aliphatic carbocycles. The third-order valence-electron chi connectivity index (χ3n) is 14.1. The van der Waals surface area contributed by atoms with Crippen LogP contribution in [0.5, 0.6) is 5.75 Å². The fraction of sp³-hybridized carbons (Fsp3) is 0.492. The van der Waals surface area contributed by atoms with E-state index in [1.807, 2.05) is 118 Å². The third kappa shape index (κ3) is 19.3. The molecule has 4 heterocycles. The largest absolute Gasteiger partial charge is 0.494 e. The number of unbranched alkanes of at least 4 members (excludes halogenated alkanes) is 5. The van der Waals surface area contributed by atoms with Crippen molar-refractivity contribution in [1.82, 2.24) is 50.6 Å². The summed E-state index contributed by atoms with van der Waals surface area (Å²) in [6.45, 7) is 14.9. The lowest BCUT2D eigenvalue weighted by Crippen LogP contribution is -2.57. The van der Waals surface area contributed by atoms with Gasteiger partial charge in [0.05, 0.1) is 61.7 Å². The molecule has 1 saturated heterocycles.